The summed E-state index contributed by atoms with van der Waals surface area (Å²) in [6.45, 7) is 7.82. The van der Waals surface area contributed by atoms with E-state index in [1.54, 1.807) is 17.4 Å². The van der Waals surface area contributed by atoms with Crippen LogP contribution in [-0.4, -0.2) is 24.6 Å². The molecule has 0 fully saturated rings. The van der Waals surface area contributed by atoms with E-state index in [2.05, 4.69) is 27.5 Å². The van der Waals surface area contributed by atoms with Gasteiger partial charge in [-0.25, -0.2) is 14.4 Å². The molecule has 0 aliphatic rings. The van der Waals surface area contributed by atoms with Crippen LogP contribution in [0.25, 0.3) is 0 Å². The molecule has 25 heavy (non-hydrogen) atoms. The van der Waals surface area contributed by atoms with E-state index >= 15 is 0 Å². The minimum Gasteiger partial charge on any atom is -0.494 e. The third kappa shape index (κ3) is 6.43. The summed E-state index contributed by atoms with van der Waals surface area (Å²) in [5.41, 5.74) is 1.85. The number of hydrogen-bond acceptors (Lipinski definition) is 4. The molecule has 1 heterocycles. The van der Waals surface area contributed by atoms with Crippen LogP contribution in [0.5, 0.6) is 5.75 Å². The Morgan fingerprint density at radius 2 is 2.08 bits per heavy atom. The minimum atomic E-state index is -0.378. The van der Waals surface area contributed by atoms with E-state index in [0.717, 1.165) is 22.8 Å². The third-order valence-corrected chi connectivity index (χ3v) is 4.53. The number of halogens is 2. The van der Waals surface area contributed by atoms with Crippen LogP contribution in [0.15, 0.2) is 23.2 Å². The molecule has 2 N–H and O–H groups in total. The lowest BCUT2D eigenvalue weighted by atomic mass is 10.2. The second-order valence-corrected chi connectivity index (χ2v) is 6.55. The molecular formula is C17H24FIN4OS. The first-order chi connectivity index (χ1) is 11.5. The van der Waals surface area contributed by atoms with Crippen LogP contribution in [0.1, 0.15) is 28.1 Å². The van der Waals surface area contributed by atoms with Gasteiger partial charge in [0.25, 0.3) is 0 Å². The quantitative estimate of drug-likeness (QED) is 0.377. The molecule has 0 unspecified atom stereocenters. The standard InChI is InChI=1S/C17H23FN4OS.HI/c1-5-19-17(21-10-16-22-11(2)12(3)24-16)20-9-13-6-7-15(23-4)14(18)8-13;/h6-8H,5,9-10H2,1-4H3,(H2,19,20,21);1H. The lowest BCUT2D eigenvalue weighted by molar-refractivity contribution is 0.386. The lowest BCUT2D eigenvalue weighted by Gasteiger charge is -2.10. The zero-order chi connectivity index (χ0) is 17.5. The predicted octanol–water partition coefficient (Wildman–Crippen LogP) is 3.78. The molecule has 0 bridgehead atoms. The second kappa shape index (κ2) is 10.5. The Labute approximate surface area is 169 Å². The number of ether oxygens (including phenoxy) is 1. The summed E-state index contributed by atoms with van der Waals surface area (Å²) >= 11 is 1.68. The number of guanidine groups is 1. The lowest BCUT2D eigenvalue weighted by Crippen LogP contribution is -2.36. The Kier molecular flexibility index (Phi) is 9.12. The van der Waals surface area contributed by atoms with E-state index in [9.17, 15) is 4.39 Å². The molecule has 2 aromatic rings. The van der Waals surface area contributed by atoms with Gasteiger partial charge in [0.2, 0.25) is 0 Å². The molecule has 0 atom stereocenters. The number of nitrogens with zero attached hydrogens (tertiary/aromatic N) is 2. The Morgan fingerprint density at radius 1 is 1.32 bits per heavy atom. The van der Waals surface area contributed by atoms with Gasteiger partial charge in [0.1, 0.15) is 5.01 Å². The molecule has 0 saturated heterocycles. The fourth-order valence-corrected chi connectivity index (χ4v) is 2.97. The molecule has 0 aliphatic heterocycles. The van der Waals surface area contributed by atoms with Gasteiger partial charge in [-0.05, 0) is 38.5 Å². The first kappa shape index (κ1) is 21.6. The smallest absolute Gasteiger partial charge is 0.191 e. The maximum atomic E-state index is 13.7. The highest BCUT2D eigenvalue weighted by Gasteiger charge is 2.06. The van der Waals surface area contributed by atoms with Crippen LogP contribution in [0.2, 0.25) is 0 Å². The minimum absolute atomic E-state index is 0. The molecule has 0 saturated carbocycles. The van der Waals surface area contributed by atoms with Crippen molar-refractivity contribution in [3.63, 3.8) is 0 Å². The number of hydrogen-bond donors (Lipinski definition) is 2. The van der Waals surface area contributed by atoms with Gasteiger partial charge in [0.15, 0.2) is 17.5 Å². The third-order valence-electron chi connectivity index (χ3n) is 3.46. The van der Waals surface area contributed by atoms with Crippen molar-refractivity contribution in [2.24, 2.45) is 4.99 Å². The van der Waals surface area contributed by atoms with Gasteiger partial charge in [0, 0.05) is 11.4 Å². The summed E-state index contributed by atoms with van der Waals surface area (Å²) < 4.78 is 18.6. The molecule has 5 nitrogen and oxygen atoms in total. The number of thiazole rings is 1. The van der Waals surface area contributed by atoms with Crippen molar-refractivity contribution in [3.8, 4) is 5.75 Å². The second-order valence-electron chi connectivity index (χ2n) is 5.27. The molecule has 1 aromatic carbocycles. The largest absolute Gasteiger partial charge is 0.494 e. The van der Waals surface area contributed by atoms with Gasteiger partial charge in [-0.2, -0.15) is 0 Å². The number of nitrogens with one attached hydrogen (secondary N) is 2. The topological polar surface area (TPSA) is 58.5 Å². The zero-order valence-electron chi connectivity index (χ0n) is 14.9. The van der Waals surface area contributed by atoms with Crippen molar-refractivity contribution < 1.29 is 9.13 Å². The van der Waals surface area contributed by atoms with Gasteiger partial charge >= 0.3 is 0 Å². The van der Waals surface area contributed by atoms with E-state index in [0.29, 0.717) is 19.0 Å². The SMILES string of the molecule is CCNC(=NCc1ccc(OC)c(F)c1)NCc1nc(C)c(C)s1.I. The molecular weight excluding hydrogens is 454 g/mol. The highest BCUT2D eigenvalue weighted by Crippen LogP contribution is 2.18. The number of aromatic nitrogens is 1. The van der Waals surface area contributed by atoms with Gasteiger partial charge < -0.3 is 15.4 Å². The number of aryl methyl sites for hydroxylation is 2. The number of aliphatic imine (C=N–C) groups is 1. The monoisotopic (exact) mass is 478 g/mol. The average molecular weight is 478 g/mol. The van der Waals surface area contributed by atoms with Crippen molar-refractivity contribution in [2.75, 3.05) is 13.7 Å². The van der Waals surface area contributed by atoms with Crippen LogP contribution >= 0.6 is 35.3 Å². The molecule has 0 aliphatic carbocycles. The highest BCUT2D eigenvalue weighted by atomic mass is 127. The molecule has 1 aromatic heterocycles. The normalized spacial score (nSPS) is 11.0. The Hall–Kier alpha value is -1.42. The van der Waals surface area contributed by atoms with Gasteiger partial charge in [-0.1, -0.05) is 6.07 Å². The summed E-state index contributed by atoms with van der Waals surface area (Å²) in [7, 11) is 1.45. The highest BCUT2D eigenvalue weighted by molar-refractivity contribution is 14.0. The van der Waals surface area contributed by atoms with E-state index < -0.39 is 0 Å². The zero-order valence-corrected chi connectivity index (χ0v) is 18.0. The Bertz CT molecular complexity index is 701. The van der Waals surface area contributed by atoms with Crippen molar-refractivity contribution in [2.45, 2.75) is 33.9 Å². The van der Waals surface area contributed by atoms with E-state index in [1.807, 2.05) is 19.9 Å². The van der Waals surface area contributed by atoms with Crippen molar-refractivity contribution in [1.82, 2.24) is 15.6 Å². The van der Waals surface area contributed by atoms with Crippen LogP contribution < -0.4 is 15.4 Å². The van der Waals surface area contributed by atoms with Crippen molar-refractivity contribution >= 4 is 41.3 Å². The van der Waals surface area contributed by atoms with Crippen LogP contribution in [0, 0.1) is 19.7 Å². The Balaban J connectivity index is 0.00000312. The van der Waals surface area contributed by atoms with Crippen LogP contribution in [0.4, 0.5) is 4.39 Å². The fourth-order valence-electron chi connectivity index (χ4n) is 2.09. The maximum Gasteiger partial charge on any atom is 0.191 e. The summed E-state index contributed by atoms with van der Waals surface area (Å²) in [4.78, 5) is 10.2. The number of benzene rings is 1. The van der Waals surface area contributed by atoms with E-state index in [1.165, 1.54) is 18.1 Å². The molecule has 0 spiro atoms. The molecule has 0 amide bonds. The van der Waals surface area contributed by atoms with Crippen LogP contribution in [0.3, 0.4) is 0 Å². The number of rotatable bonds is 6. The van der Waals surface area contributed by atoms with Crippen LogP contribution in [-0.2, 0) is 13.1 Å². The first-order valence-corrected chi connectivity index (χ1v) is 8.62. The maximum absolute atomic E-state index is 13.7. The summed E-state index contributed by atoms with van der Waals surface area (Å²) in [5, 5.41) is 7.45. The van der Waals surface area contributed by atoms with Gasteiger partial charge in [0.05, 0.1) is 25.9 Å². The van der Waals surface area contributed by atoms with Crippen molar-refractivity contribution in [1.29, 1.82) is 0 Å². The summed E-state index contributed by atoms with van der Waals surface area (Å²) in [5.74, 6) is 0.540. The van der Waals surface area contributed by atoms with Gasteiger partial charge in [-0.3, -0.25) is 0 Å². The fraction of sp³-hybridized carbons (Fsp3) is 0.412. The predicted molar refractivity (Wildman–Crippen MR) is 112 cm³/mol. The molecule has 138 valence electrons. The summed E-state index contributed by atoms with van der Waals surface area (Å²) in [6, 6.07) is 4.86. The molecule has 2 rings (SSSR count). The van der Waals surface area contributed by atoms with E-state index in [4.69, 9.17) is 4.74 Å². The Morgan fingerprint density at radius 3 is 2.64 bits per heavy atom. The molecule has 8 heteroatoms. The first-order valence-electron chi connectivity index (χ1n) is 7.81. The summed E-state index contributed by atoms with van der Waals surface area (Å²) in [6.07, 6.45) is 0. The van der Waals surface area contributed by atoms with E-state index in [-0.39, 0.29) is 35.5 Å². The van der Waals surface area contributed by atoms with Gasteiger partial charge in [-0.15, -0.1) is 35.3 Å². The number of methoxy groups -OCH3 is 1. The molecule has 0 radical (unpaired) electrons. The average Bonchev–Trinajstić information content (AvgIpc) is 2.88. The van der Waals surface area contributed by atoms with Crippen molar-refractivity contribution in [3.05, 3.63) is 45.2 Å².